The lowest BCUT2D eigenvalue weighted by Gasteiger charge is -2.39. The van der Waals surface area contributed by atoms with Gasteiger partial charge in [-0.2, -0.15) is 5.10 Å². The molecule has 0 radical (unpaired) electrons. The van der Waals surface area contributed by atoms with Crippen molar-refractivity contribution in [3.8, 4) is 0 Å². The van der Waals surface area contributed by atoms with Gasteiger partial charge in [-0.3, -0.25) is 19.4 Å². The van der Waals surface area contributed by atoms with E-state index >= 15 is 0 Å². The number of nitrogens with zero attached hydrogens (tertiary/aromatic N) is 5. The number of pyridine rings is 1. The molecule has 0 aliphatic carbocycles. The lowest BCUT2D eigenvalue weighted by molar-refractivity contribution is -0.133. The fourth-order valence-electron chi connectivity index (χ4n) is 3.82. The Kier molecular flexibility index (Phi) is 6.04. The van der Waals surface area contributed by atoms with Crippen LogP contribution in [-0.2, 0) is 24.4 Å². The van der Waals surface area contributed by atoms with Crippen LogP contribution in [0.2, 0.25) is 0 Å². The van der Waals surface area contributed by atoms with E-state index in [1.807, 2.05) is 34.1 Å². The summed E-state index contributed by atoms with van der Waals surface area (Å²) >= 11 is 0. The molecule has 1 amide bonds. The van der Waals surface area contributed by atoms with Crippen LogP contribution >= 0.6 is 0 Å². The third-order valence-corrected chi connectivity index (χ3v) is 5.30. The van der Waals surface area contributed by atoms with Gasteiger partial charge in [0.2, 0.25) is 5.91 Å². The zero-order chi connectivity index (χ0) is 18.5. The highest BCUT2D eigenvalue weighted by Gasteiger charge is 2.27. The monoisotopic (exact) mass is 355 g/mol. The number of rotatable bonds is 6. The second-order valence-electron chi connectivity index (χ2n) is 7.11. The smallest absolute Gasteiger partial charge is 0.220 e. The maximum absolute atomic E-state index is 12.3. The van der Waals surface area contributed by atoms with Crippen LogP contribution in [0.3, 0.4) is 0 Å². The summed E-state index contributed by atoms with van der Waals surface area (Å²) in [5.74, 6) is 0.135. The fourth-order valence-corrected chi connectivity index (χ4v) is 3.82. The Balaban J connectivity index is 1.67. The zero-order valence-corrected chi connectivity index (χ0v) is 16.1. The Morgan fingerprint density at radius 1 is 1.38 bits per heavy atom. The Morgan fingerprint density at radius 2 is 2.23 bits per heavy atom. The first-order valence-corrected chi connectivity index (χ1v) is 9.48. The van der Waals surface area contributed by atoms with E-state index in [0.717, 1.165) is 44.6 Å². The second-order valence-corrected chi connectivity index (χ2v) is 7.11. The van der Waals surface area contributed by atoms with Gasteiger partial charge in [0.25, 0.3) is 0 Å². The summed E-state index contributed by atoms with van der Waals surface area (Å²) in [7, 11) is 0. The summed E-state index contributed by atoms with van der Waals surface area (Å²) in [6.07, 6.45) is 7.77. The van der Waals surface area contributed by atoms with E-state index in [0.29, 0.717) is 6.54 Å². The van der Waals surface area contributed by atoms with Crippen LogP contribution in [0.4, 0.5) is 0 Å². The van der Waals surface area contributed by atoms with Crippen molar-refractivity contribution in [2.24, 2.45) is 0 Å². The first-order valence-electron chi connectivity index (χ1n) is 9.48. The number of hydrogen-bond acceptors (Lipinski definition) is 4. The molecule has 6 heteroatoms. The van der Waals surface area contributed by atoms with E-state index < -0.39 is 0 Å². The Labute approximate surface area is 155 Å². The first-order chi connectivity index (χ1) is 12.6. The summed E-state index contributed by atoms with van der Waals surface area (Å²) < 4.78 is 2.04. The molecule has 140 valence electrons. The maximum atomic E-state index is 12.3. The van der Waals surface area contributed by atoms with Crippen molar-refractivity contribution in [1.29, 1.82) is 0 Å². The third kappa shape index (κ3) is 4.30. The predicted molar refractivity (Wildman–Crippen MR) is 101 cm³/mol. The molecule has 2 aromatic rings. The Hall–Kier alpha value is -2.21. The van der Waals surface area contributed by atoms with Crippen LogP contribution in [-0.4, -0.2) is 49.6 Å². The molecule has 0 aromatic carbocycles. The maximum Gasteiger partial charge on any atom is 0.220 e. The molecule has 3 heterocycles. The molecular weight excluding hydrogens is 326 g/mol. The second kappa shape index (κ2) is 8.45. The average Bonchev–Trinajstić information content (AvgIpc) is 3.00. The van der Waals surface area contributed by atoms with Crippen molar-refractivity contribution in [3.05, 3.63) is 47.5 Å². The van der Waals surface area contributed by atoms with Gasteiger partial charge in [-0.15, -0.1) is 0 Å². The van der Waals surface area contributed by atoms with Gasteiger partial charge in [-0.1, -0.05) is 6.07 Å². The number of piperidine rings is 1. The lowest BCUT2D eigenvalue weighted by Crippen LogP contribution is -2.49. The number of hydrogen-bond donors (Lipinski definition) is 0. The molecular formula is C20H29N5O. The van der Waals surface area contributed by atoms with E-state index in [1.165, 1.54) is 11.3 Å². The van der Waals surface area contributed by atoms with Crippen LogP contribution in [0.15, 0.2) is 30.7 Å². The van der Waals surface area contributed by atoms with E-state index in [4.69, 9.17) is 0 Å². The molecule has 3 rings (SSSR count). The summed E-state index contributed by atoms with van der Waals surface area (Å²) in [5.41, 5.74) is 3.61. The predicted octanol–water partition coefficient (Wildman–Crippen LogP) is 2.62. The molecule has 6 nitrogen and oxygen atoms in total. The normalized spacial score (nSPS) is 18.0. The largest absolute Gasteiger partial charge is 0.334 e. The highest BCUT2D eigenvalue weighted by molar-refractivity contribution is 5.73. The number of carbonyl (C=O) groups excluding carboxylic acids is 1. The molecule has 1 aliphatic rings. The van der Waals surface area contributed by atoms with E-state index in [9.17, 15) is 4.79 Å². The topological polar surface area (TPSA) is 54.3 Å². The summed E-state index contributed by atoms with van der Waals surface area (Å²) in [4.78, 5) is 20.9. The summed E-state index contributed by atoms with van der Waals surface area (Å²) in [6, 6.07) is 4.21. The Morgan fingerprint density at radius 3 is 2.88 bits per heavy atom. The quantitative estimate of drug-likeness (QED) is 0.799. The number of aromatic nitrogens is 3. The van der Waals surface area contributed by atoms with E-state index in [2.05, 4.69) is 28.8 Å². The number of amides is 1. The van der Waals surface area contributed by atoms with Crippen LogP contribution in [0.1, 0.15) is 43.5 Å². The van der Waals surface area contributed by atoms with Gasteiger partial charge in [0.05, 0.1) is 6.20 Å². The van der Waals surface area contributed by atoms with E-state index in [1.54, 1.807) is 13.1 Å². The van der Waals surface area contributed by atoms with Crippen molar-refractivity contribution in [1.82, 2.24) is 24.6 Å². The molecule has 0 N–H and O–H groups in total. The highest BCUT2D eigenvalue weighted by Crippen LogP contribution is 2.21. The van der Waals surface area contributed by atoms with Gasteiger partial charge >= 0.3 is 0 Å². The highest BCUT2D eigenvalue weighted by atomic mass is 16.2. The standard InChI is InChI=1S/C20H29N5O/c1-4-25-16(2)19(12-22-25)14-23-10-6-8-20(15-23)24(17(3)26)13-18-7-5-9-21-11-18/h5,7,9,11-12,20H,4,6,8,10,13-15H2,1-3H3. The van der Waals surface area contributed by atoms with Crippen LogP contribution in [0.25, 0.3) is 0 Å². The minimum absolute atomic E-state index is 0.135. The van der Waals surface area contributed by atoms with E-state index in [-0.39, 0.29) is 11.9 Å². The first kappa shape index (κ1) is 18.6. The van der Waals surface area contributed by atoms with Gasteiger partial charge in [0.15, 0.2) is 0 Å². The summed E-state index contributed by atoms with van der Waals surface area (Å²) in [5, 5.41) is 4.46. The van der Waals surface area contributed by atoms with Gasteiger partial charge < -0.3 is 4.90 Å². The van der Waals surface area contributed by atoms with Gasteiger partial charge in [-0.05, 0) is 44.9 Å². The Bertz CT molecular complexity index is 727. The van der Waals surface area contributed by atoms with Crippen molar-refractivity contribution < 1.29 is 4.79 Å². The van der Waals surface area contributed by atoms with Crippen LogP contribution < -0.4 is 0 Å². The fraction of sp³-hybridized carbons (Fsp3) is 0.550. The van der Waals surface area contributed by atoms with Crippen LogP contribution in [0, 0.1) is 6.92 Å². The molecule has 1 aliphatic heterocycles. The van der Waals surface area contributed by atoms with Crippen molar-refractivity contribution in [2.75, 3.05) is 13.1 Å². The molecule has 26 heavy (non-hydrogen) atoms. The number of likely N-dealkylation sites (tertiary alicyclic amines) is 1. The summed E-state index contributed by atoms with van der Waals surface area (Å²) in [6.45, 7) is 10.3. The van der Waals surface area contributed by atoms with Crippen molar-refractivity contribution >= 4 is 5.91 Å². The van der Waals surface area contributed by atoms with Crippen LogP contribution in [0.5, 0.6) is 0 Å². The lowest BCUT2D eigenvalue weighted by atomic mass is 10.0. The molecule has 0 saturated carbocycles. The minimum atomic E-state index is 0.135. The van der Waals surface area contributed by atoms with Gasteiger partial charge in [0.1, 0.15) is 0 Å². The number of carbonyl (C=O) groups is 1. The zero-order valence-electron chi connectivity index (χ0n) is 16.1. The van der Waals surface area contributed by atoms with Gasteiger partial charge in [0, 0.05) is 62.8 Å². The van der Waals surface area contributed by atoms with Crippen molar-refractivity contribution in [3.63, 3.8) is 0 Å². The number of aryl methyl sites for hydroxylation is 1. The molecule has 0 spiro atoms. The SMILES string of the molecule is CCn1ncc(CN2CCCC(N(Cc3cccnc3)C(C)=O)C2)c1C. The molecule has 1 atom stereocenters. The third-order valence-electron chi connectivity index (χ3n) is 5.30. The molecule has 2 aromatic heterocycles. The van der Waals surface area contributed by atoms with Crippen molar-refractivity contribution in [2.45, 2.75) is 59.3 Å². The molecule has 1 saturated heterocycles. The van der Waals surface area contributed by atoms with Gasteiger partial charge in [-0.25, -0.2) is 0 Å². The molecule has 1 unspecified atom stereocenters. The molecule has 0 bridgehead atoms. The average molecular weight is 355 g/mol. The minimum Gasteiger partial charge on any atom is -0.334 e. The molecule has 1 fully saturated rings.